The monoisotopic (exact) mass is 509 g/mol. The van der Waals surface area contributed by atoms with E-state index in [0.29, 0.717) is 37.6 Å². The molecule has 28 heavy (non-hydrogen) atoms. The van der Waals surface area contributed by atoms with Crippen molar-refractivity contribution in [2.75, 3.05) is 39.3 Å². The van der Waals surface area contributed by atoms with Crippen LogP contribution in [0.3, 0.4) is 0 Å². The number of hydrogen-bond acceptors (Lipinski definition) is 4. The van der Waals surface area contributed by atoms with E-state index in [4.69, 9.17) is 15.5 Å². The summed E-state index contributed by atoms with van der Waals surface area (Å²) < 4.78 is 5.07. The molecule has 8 heteroatoms. The molecule has 0 aromatic heterocycles. The topological polar surface area (TPSA) is 83.2 Å². The van der Waals surface area contributed by atoms with Gasteiger partial charge in [0, 0.05) is 25.2 Å². The van der Waals surface area contributed by atoms with E-state index in [-0.39, 0.29) is 36.1 Å². The number of guanidine groups is 1. The van der Waals surface area contributed by atoms with Gasteiger partial charge in [0.25, 0.3) is 0 Å². The summed E-state index contributed by atoms with van der Waals surface area (Å²) >= 11 is 0. The summed E-state index contributed by atoms with van der Waals surface area (Å²) in [7, 11) is 0. The lowest BCUT2D eigenvalue weighted by molar-refractivity contribution is 0.0963. The van der Waals surface area contributed by atoms with E-state index in [0.717, 1.165) is 19.4 Å². The van der Waals surface area contributed by atoms with E-state index in [1.807, 2.05) is 6.92 Å². The summed E-state index contributed by atoms with van der Waals surface area (Å²) in [4.78, 5) is 20.9. The molecular weight excluding hydrogens is 469 g/mol. The summed E-state index contributed by atoms with van der Waals surface area (Å²) in [6.45, 7) is 11.4. The van der Waals surface area contributed by atoms with E-state index in [1.165, 1.54) is 38.8 Å². The number of nitrogens with two attached hydrogens (primary N) is 1. The van der Waals surface area contributed by atoms with Crippen LogP contribution in [0.25, 0.3) is 0 Å². The molecule has 2 rings (SSSR count). The molecule has 0 saturated carbocycles. The van der Waals surface area contributed by atoms with E-state index in [2.05, 4.69) is 24.1 Å². The average molecular weight is 509 g/mol. The molecule has 0 radical (unpaired) electrons. The number of nitrogens with zero attached hydrogens (tertiary/aromatic N) is 3. The Morgan fingerprint density at radius 1 is 1.14 bits per heavy atom. The van der Waals surface area contributed by atoms with Crippen LogP contribution >= 0.6 is 24.0 Å². The van der Waals surface area contributed by atoms with Crippen LogP contribution in [-0.2, 0) is 4.74 Å². The van der Waals surface area contributed by atoms with Crippen LogP contribution in [0.1, 0.15) is 59.3 Å². The minimum atomic E-state index is -0.212. The third kappa shape index (κ3) is 7.57. The van der Waals surface area contributed by atoms with E-state index >= 15 is 0 Å². The van der Waals surface area contributed by atoms with Crippen LogP contribution in [0, 0.1) is 5.92 Å². The van der Waals surface area contributed by atoms with E-state index in [9.17, 15) is 4.79 Å². The van der Waals surface area contributed by atoms with Crippen LogP contribution < -0.4 is 11.1 Å². The van der Waals surface area contributed by atoms with Gasteiger partial charge in [0.15, 0.2) is 5.96 Å². The molecule has 2 aliphatic heterocycles. The maximum absolute atomic E-state index is 11.8. The van der Waals surface area contributed by atoms with Gasteiger partial charge in [0.2, 0.25) is 0 Å². The quantitative estimate of drug-likeness (QED) is 0.299. The summed E-state index contributed by atoms with van der Waals surface area (Å²) in [5.41, 5.74) is 6.19. The Hall–Kier alpha value is -0.770. The third-order valence-electron chi connectivity index (χ3n) is 6.02. The zero-order chi connectivity index (χ0) is 19.6. The molecule has 1 amide bonds. The minimum Gasteiger partial charge on any atom is -0.450 e. The number of piperidine rings is 1. The Morgan fingerprint density at radius 2 is 1.75 bits per heavy atom. The second-order valence-electron chi connectivity index (χ2n) is 7.72. The first-order valence-electron chi connectivity index (χ1n) is 10.8. The van der Waals surface area contributed by atoms with Crippen molar-refractivity contribution in [3.05, 3.63) is 0 Å². The number of rotatable bonds is 8. The molecule has 0 bridgehead atoms. The van der Waals surface area contributed by atoms with Gasteiger partial charge in [-0.05, 0) is 51.6 Å². The predicted molar refractivity (Wildman–Crippen MR) is 125 cm³/mol. The zero-order valence-corrected chi connectivity index (χ0v) is 20.2. The van der Waals surface area contributed by atoms with Crippen molar-refractivity contribution in [2.24, 2.45) is 16.6 Å². The zero-order valence-electron chi connectivity index (χ0n) is 17.9. The standard InChI is InChI=1S/C20H39N5O2.HI/c1-4-16(5-2)18(24-11-7-8-12-24)15-22-19(21)23-17-9-13-25(14-10-17)20(26)27-6-3;/h16-18H,4-15H2,1-3H3,(H3,21,22,23);1H. The molecule has 0 aromatic carbocycles. The van der Waals surface area contributed by atoms with E-state index < -0.39 is 0 Å². The predicted octanol–water partition coefficient (Wildman–Crippen LogP) is 3.03. The van der Waals surface area contributed by atoms with Crippen LogP contribution in [0.5, 0.6) is 0 Å². The summed E-state index contributed by atoms with van der Waals surface area (Å²) in [6.07, 6.45) is 6.50. The molecule has 2 saturated heterocycles. The van der Waals surface area contributed by atoms with Crippen LogP contribution in [0.2, 0.25) is 0 Å². The Kier molecular flexibility index (Phi) is 12.1. The van der Waals surface area contributed by atoms with Gasteiger partial charge in [0.1, 0.15) is 0 Å². The van der Waals surface area contributed by atoms with Gasteiger partial charge in [-0.2, -0.15) is 0 Å². The molecule has 1 unspecified atom stereocenters. The normalized spacial score (nSPS) is 20.1. The van der Waals surface area contributed by atoms with Crippen molar-refractivity contribution in [3.63, 3.8) is 0 Å². The molecule has 2 aliphatic rings. The van der Waals surface area contributed by atoms with Crippen molar-refractivity contribution in [1.29, 1.82) is 0 Å². The van der Waals surface area contributed by atoms with Gasteiger partial charge < -0.3 is 20.7 Å². The third-order valence-corrected chi connectivity index (χ3v) is 6.02. The second kappa shape index (κ2) is 13.5. The number of hydrogen-bond donors (Lipinski definition) is 2. The van der Waals surface area contributed by atoms with Crippen LogP contribution in [0.4, 0.5) is 4.79 Å². The highest BCUT2D eigenvalue weighted by atomic mass is 127. The number of aliphatic imine (C=N–C) groups is 1. The molecule has 7 nitrogen and oxygen atoms in total. The number of nitrogens with one attached hydrogen (secondary N) is 1. The smallest absolute Gasteiger partial charge is 0.409 e. The second-order valence-corrected chi connectivity index (χ2v) is 7.72. The fourth-order valence-corrected chi connectivity index (χ4v) is 4.34. The van der Waals surface area contributed by atoms with Crippen molar-refractivity contribution in [2.45, 2.75) is 71.4 Å². The van der Waals surface area contributed by atoms with Gasteiger partial charge in [0.05, 0.1) is 13.2 Å². The Bertz CT molecular complexity index is 471. The number of ether oxygens (including phenoxy) is 1. The Morgan fingerprint density at radius 3 is 2.29 bits per heavy atom. The average Bonchev–Trinajstić information content (AvgIpc) is 3.20. The molecule has 0 spiro atoms. The number of amides is 1. The van der Waals surface area contributed by atoms with Gasteiger partial charge in [-0.3, -0.25) is 9.89 Å². The highest BCUT2D eigenvalue weighted by Gasteiger charge is 2.28. The van der Waals surface area contributed by atoms with Crippen molar-refractivity contribution in [1.82, 2.24) is 15.1 Å². The fraction of sp³-hybridized carbons (Fsp3) is 0.900. The number of carbonyl (C=O) groups excluding carboxylic acids is 1. The number of carbonyl (C=O) groups is 1. The van der Waals surface area contributed by atoms with Gasteiger partial charge in [-0.25, -0.2) is 4.79 Å². The highest BCUT2D eigenvalue weighted by molar-refractivity contribution is 14.0. The fourth-order valence-electron chi connectivity index (χ4n) is 4.34. The van der Waals surface area contributed by atoms with Crippen LogP contribution in [-0.4, -0.2) is 73.3 Å². The molecule has 3 N–H and O–H groups in total. The van der Waals surface area contributed by atoms with Crippen LogP contribution in [0.15, 0.2) is 4.99 Å². The number of halogens is 1. The molecule has 0 aliphatic carbocycles. The highest BCUT2D eigenvalue weighted by Crippen LogP contribution is 2.23. The lowest BCUT2D eigenvalue weighted by Crippen LogP contribution is -2.49. The summed E-state index contributed by atoms with van der Waals surface area (Å²) in [6, 6.07) is 0.770. The lowest BCUT2D eigenvalue weighted by atomic mass is 9.93. The lowest BCUT2D eigenvalue weighted by Gasteiger charge is -2.33. The molecule has 2 fully saturated rings. The summed E-state index contributed by atoms with van der Waals surface area (Å²) in [5, 5.41) is 3.36. The first-order chi connectivity index (χ1) is 13.1. The largest absolute Gasteiger partial charge is 0.450 e. The molecule has 1 atom stereocenters. The molecule has 164 valence electrons. The van der Waals surface area contributed by atoms with Gasteiger partial charge in [-0.1, -0.05) is 26.7 Å². The molecular formula is C20H40IN5O2. The van der Waals surface area contributed by atoms with E-state index in [1.54, 1.807) is 4.90 Å². The SMILES string of the molecule is CCOC(=O)N1CCC(NC(N)=NCC(C(CC)CC)N2CCCC2)CC1.I. The Labute approximate surface area is 187 Å². The first-order valence-corrected chi connectivity index (χ1v) is 10.8. The van der Waals surface area contributed by atoms with Gasteiger partial charge >= 0.3 is 6.09 Å². The number of likely N-dealkylation sites (tertiary alicyclic amines) is 2. The molecule has 2 heterocycles. The minimum absolute atomic E-state index is 0. The van der Waals surface area contributed by atoms with Gasteiger partial charge in [-0.15, -0.1) is 24.0 Å². The molecule has 0 aromatic rings. The maximum Gasteiger partial charge on any atom is 0.409 e. The van der Waals surface area contributed by atoms with Crippen molar-refractivity contribution in [3.8, 4) is 0 Å². The van der Waals surface area contributed by atoms with Crippen molar-refractivity contribution >= 4 is 36.0 Å². The van der Waals surface area contributed by atoms with Crippen molar-refractivity contribution < 1.29 is 9.53 Å². The maximum atomic E-state index is 11.8. The summed E-state index contributed by atoms with van der Waals surface area (Å²) in [5.74, 6) is 1.22. The first kappa shape index (κ1) is 25.3. The Balaban J connectivity index is 0.00000392.